The summed E-state index contributed by atoms with van der Waals surface area (Å²) in [6.45, 7) is 10.4. The SMILES string of the molecule is CCN1CCCC1CNC(=O)c1c(C)[nH]c(/C(C)=C2/C(=O)Nc3ccc(F)cc32)c1C. The van der Waals surface area contributed by atoms with Gasteiger partial charge in [0, 0.05) is 35.2 Å². The Kier molecular flexibility index (Phi) is 5.71. The highest BCUT2D eigenvalue weighted by molar-refractivity contribution is 6.36. The van der Waals surface area contributed by atoms with Crippen molar-refractivity contribution in [1.29, 1.82) is 0 Å². The third-order valence-electron chi connectivity index (χ3n) is 6.54. The molecule has 0 bridgehead atoms. The van der Waals surface area contributed by atoms with Crippen molar-refractivity contribution in [2.24, 2.45) is 0 Å². The van der Waals surface area contributed by atoms with Crippen molar-refractivity contribution in [3.05, 3.63) is 52.1 Å². The van der Waals surface area contributed by atoms with Crippen LogP contribution in [0.15, 0.2) is 18.2 Å². The average Bonchev–Trinajstić information content (AvgIpc) is 3.40. The molecule has 3 heterocycles. The molecule has 3 N–H and O–H groups in total. The van der Waals surface area contributed by atoms with E-state index in [1.807, 2.05) is 20.8 Å². The number of hydrogen-bond donors (Lipinski definition) is 3. The molecule has 1 aromatic carbocycles. The second kappa shape index (κ2) is 8.30. The molecule has 0 saturated carbocycles. The van der Waals surface area contributed by atoms with Crippen LogP contribution >= 0.6 is 0 Å². The summed E-state index contributed by atoms with van der Waals surface area (Å²) >= 11 is 0. The number of amides is 2. The number of aromatic amines is 1. The van der Waals surface area contributed by atoms with E-state index in [-0.39, 0.29) is 11.8 Å². The zero-order chi connectivity index (χ0) is 22.3. The highest BCUT2D eigenvalue weighted by Gasteiger charge is 2.30. The first-order valence-corrected chi connectivity index (χ1v) is 10.9. The molecular formula is C24H29FN4O2. The van der Waals surface area contributed by atoms with Gasteiger partial charge in [0.2, 0.25) is 0 Å². The molecule has 2 aromatic rings. The molecule has 1 fully saturated rings. The van der Waals surface area contributed by atoms with Gasteiger partial charge < -0.3 is 15.6 Å². The van der Waals surface area contributed by atoms with Crippen LogP contribution in [0.25, 0.3) is 11.1 Å². The van der Waals surface area contributed by atoms with E-state index in [9.17, 15) is 14.0 Å². The lowest BCUT2D eigenvalue weighted by atomic mass is 9.97. The van der Waals surface area contributed by atoms with E-state index in [2.05, 4.69) is 27.4 Å². The Balaban J connectivity index is 1.63. The number of likely N-dealkylation sites (tertiary alicyclic amines) is 1. The highest BCUT2D eigenvalue weighted by Crippen LogP contribution is 2.38. The number of anilines is 1. The van der Waals surface area contributed by atoms with Crippen molar-refractivity contribution in [3.63, 3.8) is 0 Å². The maximum Gasteiger partial charge on any atom is 0.256 e. The molecule has 7 heteroatoms. The largest absolute Gasteiger partial charge is 0.358 e. The van der Waals surface area contributed by atoms with E-state index in [0.29, 0.717) is 40.5 Å². The number of rotatable bonds is 5. The molecule has 2 aliphatic heterocycles. The number of nitrogens with one attached hydrogen (secondary N) is 3. The molecule has 4 rings (SSSR count). The van der Waals surface area contributed by atoms with Gasteiger partial charge in [0.05, 0.1) is 11.1 Å². The van der Waals surface area contributed by atoms with Crippen molar-refractivity contribution >= 4 is 28.6 Å². The summed E-state index contributed by atoms with van der Waals surface area (Å²) in [4.78, 5) is 31.3. The molecule has 0 spiro atoms. The minimum absolute atomic E-state index is 0.111. The smallest absolute Gasteiger partial charge is 0.256 e. The van der Waals surface area contributed by atoms with Crippen LogP contribution in [-0.4, -0.2) is 47.4 Å². The summed E-state index contributed by atoms with van der Waals surface area (Å²) in [5.74, 6) is -0.773. The van der Waals surface area contributed by atoms with Gasteiger partial charge in [-0.1, -0.05) is 6.92 Å². The van der Waals surface area contributed by atoms with Crippen LogP contribution in [0, 0.1) is 19.7 Å². The topological polar surface area (TPSA) is 77.2 Å². The first-order valence-electron chi connectivity index (χ1n) is 10.9. The highest BCUT2D eigenvalue weighted by atomic mass is 19.1. The Hall–Kier alpha value is -2.93. The number of hydrogen-bond acceptors (Lipinski definition) is 3. The third-order valence-corrected chi connectivity index (χ3v) is 6.54. The van der Waals surface area contributed by atoms with Crippen molar-refractivity contribution < 1.29 is 14.0 Å². The van der Waals surface area contributed by atoms with Crippen LogP contribution in [-0.2, 0) is 4.79 Å². The van der Waals surface area contributed by atoms with E-state index in [4.69, 9.17) is 0 Å². The average molecular weight is 425 g/mol. The molecule has 0 aliphatic carbocycles. The van der Waals surface area contributed by atoms with E-state index in [1.54, 1.807) is 6.07 Å². The molecule has 1 unspecified atom stereocenters. The lowest BCUT2D eigenvalue weighted by Gasteiger charge is -2.22. The van der Waals surface area contributed by atoms with Crippen LogP contribution in [0.5, 0.6) is 0 Å². The summed E-state index contributed by atoms with van der Waals surface area (Å²) in [5, 5.41) is 5.88. The number of benzene rings is 1. The number of carbonyl (C=O) groups is 2. The van der Waals surface area contributed by atoms with Gasteiger partial charge in [0.15, 0.2) is 0 Å². The number of nitrogens with zero attached hydrogens (tertiary/aromatic N) is 1. The molecule has 31 heavy (non-hydrogen) atoms. The molecule has 2 aliphatic rings. The van der Waals surface area contributed by atoms with Crippen LogP contribution in [0.4, 0.5) is 10.1 Å². The fraction of sp³-hybridized carbons (Fsp3) is 0.417. The fourth-order valence-corrected chi connectivity index (χ4v) is 4.94. The number of fused-ring (bicyclic) bond motifs is 1. The van der Waals surface area contributed by atoms with Gasteiger partial charge in [-0.25, -0.2) is 4.39 Å². The maximum atomic E-state index is 13.8. The van der Waals surface area contributed by atoms with Crippen molar-refractivity contribution in [2.75, 3.05) is 25.0 Å². The molecule has 164 valence electrons. The number of aryl methyl sites for hydroxylation is 1. The van der Waals surface area contributed by atoms with Crippen LogP contribution < -0.4 is 10.6 Å². The minimum Gasteiger partial charge on any atom is -0.358 e. The third kappa shape index (κ3) is 3.78. The van der Waals surface area contributed by atoms with Crippen molar-refractivity contribution in [2.45, 2.75) is 46.6 Å². The summed E-state index contributed by atoms with van der Waals surface area (Å²) < 4.78 is 13.8. The second-order valence-electron chi connectivity index (χ2n) is 8.40. The second-order valence-corrected chi connectivity index (χ2v) is 8.40. The first kappa shape index (κ1) is 21.3. The lowest BCUT2D eigenvalue weighted by Crippen LogP contribution is -2.40. The minimum atomic E-state index is -0.395. The zero-order valence-corrected chi connectivity index (χ0v) is 18.5. The normalized spacial score (nSPS) is 20.0. The monoisotopic (exact) mass is 424 g/mol. The van der Waals surface area contributed by atoms with Gasteiger partial charge in [-0.15, -0.1) is 0 Å². The van der Waals surface area contributed by atoms with Gasteiger partial charge in [-0.05, 0) is 76.0 Å². The van der Waals surface area contributed by atoms with Gasteiger partial charge in [-0.3, -0.25) is 14.5 Å². The van der Waals surface area contributed by atoms with Gasteiger partial charge in [0.25, 0.3) is 11.8 Å². The Morgan fingerprint density at radius 3 is 2.84 bits per heavy atom. The van der Waals surface area contributed by atoms with Crippen molar-refractivity contribution in [1.82, 2.24) is 15.2 Å². The number of allylic oxidation sites excluding steroid dienone is 1. The quantitative estimate of drug-likeness (QED) is 0.638. The number of aromatic nitrogens is 1. The molecule has 1 atom stereocenters. The standard InChI is InChI=1S/C24H29FN4O2/c1-5-29-10-6-7-17(29)12-26-23(30)20-13(2)22(27-15(20)4)14(3)21-18-11-16(25)8-9-19(18)28-24(21)31/h8-9,11,17,27H,5-7,10,12H2,1-4H3,(H,26,30)(H,28,31)/b21-14+. The molecule has 1 saturated heterocycles. The van der Waals surface area contributed by atoms with Crippen LogP contribution in [0.2, 0.25) is 0 Å². The molecule has 6 nitrogen and oxygen atoms in total. The predicted octanol–water partition coefficient (Wildman–Crippen LogP) is 3.87. The lowest BCUT2D eigenvalue weighted by molar-refractivity contribution is -0.110. The number of likely N-dealkylation sites (N-methyl/N-ethyl adjacent to an activating group) is 1. The zero-order valence-electron chi connectivity index (χ0n) is 18.5. The van der Waals surface area contributed by atoms with E-state index >= 15 is 0 Å². The number of H-pyrrole nitrogens is 1. The van der Waals surface area contributed by atoms with Gasteiger partial charge >= 0.3 is 0 Å². The summed E-state index contributed by atoms with van der Waals surface area (Å²) in [7, 11) is 0. The van der Waals surface area contributed by atoms with E-state index in [0.717, 1.165) is 42.9 Å². The summed E-state index contributed by atoms with van der Waals surface area (Å²) in [5.41, 5.74) is 5.12. The molecule has 1 aromatic heterocycles. The van der Waals surface area contributed by atoms with Crippen molar-refractivity contribution in [3.8, 4) is 0 Å². The van der Waals surface area contributed by atoms with Crippen LogP contribution in [0.3, 0.4) is 0 Å². The Bertz CT molecular complexity index is 1090. The predicted molar refractivity (Wildman–Crippen MR) is 120 cm³/mol. The van der Waals surface area contributed by atoms with Gasteiger partial charge in [-0.2, -0.15) is 0 Å². The number of carbonyl (C=O) groups excluding carboxylic acids is 2. The maximum absolute atomic E-state index is 13.8. The van der Waals surface area contributed by atoms with E-state index < -0.39 is 5.82 Å². The summed E-state index contributed by atoms with van der Waals surface area (Å²) in [6, 6.07) is 4.64. The first-order chi connectivity index (χ1) is 14.8. The molecule has 2 amide bonds. The van der Waals surface area contributed by atoms with Gasteiger partial charge in [0.1, 0.15) is 5.82 Å². The number of halogens is 1. The molecule has 0 radical (unpaired) electrons. The van der Waals surface area contributed by atoms with Crippen LogP contribution in [0.1, 0.15) is 59.6 Å². The Morgan fingerprint density at radius 1 is 1.32 bits per heavy atom. The molecular weight excluding hydrogens is 395 g/mol. The van der Waals surface area contributed by atoms with E-state index in [1.165, 1.54) is 12.1 Å². The Labute approximate surface area is 181 Å². The Morgan fingerprint density at radius 2 is 2.10 bits per heavy atom. The summed E-state index contributed by atoms with van der Waals surface area (Å²) in [6.07, 6.45) is 2.26. The fourth-order valence-electron chi connectivity index (χ4n) is 4.94.